The molecule has 0 radical (unpaired) electrons. The molecule has 0 saturated heterocycles. The molecule has 5 nitrogen and oxygen atoms in total. The zero-order valence-corrected chi connectivity index (χ0v) is 27.4. The van der Waals surface area contributed by atoms with Gasteiger partial charge in [0.05, 0.1) is 11.0 Å². The largest absolute Gasteiger partial charge is 0.456 e. The quantitative estimate of drug-likeness (QED) is 0.180. The van der Waals surface area contributed by atoms with Gasteiger partial charge in [-0.25, -0.2) is 15.0 Å². The summed E-state index contributed by atoms with van der Waals surface area (Å²) < 4.78 is 13.5. The minimum Gasteiger partial charge on any atom is -0.456 e. The van der Waals surface area contributed by atoms with Crippen molar-refractivity contribution in [3.05, 3.63) is 198 Å². The number of para-hydroxylation sites is 1. The van der Waals surface area contributed by atoms with Gasteiger partial charge in [-0.2, -0.15) is 0 Å². The molecule has 1 aliphatic carbocycles. The van der Waals surface area contributed by atoms with Crippen molar-refractivity contribution in [1.82, 2.24) is 15.0 Å². The van der Waals surface area contributed by atoms with Gasteiger partial charge < -0.3 is 9.15 Å². The van der Waals surface area contributed by atoms with Crippen molar-refractivity contribution in [3.8, 4) is 51.2 Å². The third-order valence-corrected chi connectivity index (χ3v) is 9.63. The van der Waals surface area contributed by atoms with Crippen LogP contribution in [0.3, 0.4) is 0 Å². The third-order valence-electron chi connectivity index (χ3n) is 9.63. The first kappa shape index (κ1) is 29.5. The van der Waals surface area contributed by atoms with Crippen LogP contribution in [0, 0.1) is 0 Å². The molecule has 0 saturated carbocycles. The molecular formula is C45H31N3O2. The number of ether oxygens (including phenoxy) is 1. The number of hydrogen-bond acceptors (Lipinski definition) is 5. The molecule has 0 fully saturated rings. The van der Waals surface area contributed by atoms with E-state index in [9.17, 15) is 0 Å². The SMILES string of the molecule is C=CC1=C(/C(=C\C)c2ccc(-c3nc(-c4ccccc4)nc(-c4ccccc4)n3)o2)Oc2ccccc2C12c1ccccc1-c1ccccc12. The minimum absolute atomic E-state index is 0.447. The lowest BCUT2D eigenvalue weighted by Gasteiger charge is -2.40. The smallest absolute Gasteiger partial charge is 0.199 e. The van der Waals surface area contributed by atoms with E-state index in [1.807, 2.05) is 104 Å². The molecule has 238 valence electrons. The van der Waals surface area contributed by atoms with Crippen molar-refractivity contribution in [1.29, 1.82) is 0 Å². The van der Waals surface area contributed by atoms with Gasteiger partial charge in [-0.3, -0.25) is 0 Å². The number of fused-ring (bicyclic) bond motifs is 7. The molecule has 0 N–H and O–H groups in total. The van der Waals surface area contributed by atoms with E-state index in [4.69, 9.17) is 24.1 Å². The average Bonchev–Trinajstić information content (AvgIpc) is 3.79. The summed E-state index contributed by atoms with van der Waals surface area (Å²) in [5, 5.41) is 0. The highest BCUT2D eigenvalue weighted by Gasteiger charge is 2.51. The molecule has 0 bridgehead atoms. The summed E-state index contributed by atoms with van der Waals surface area (Å²) in [4.78, 5) is 14.6. The summed E-state index contributed by atoms with van der Waals surface area (Å²) in [5.74, 6) is 4.24. The number of hydrogen-bond donors (Lipinski definition) is 0. The molecule has 3 heterocycles. The van der Waals surface area contributed by atoms with Gasteiger partial charge in [0.2, 0.25) is 0 Å². The van der Waals surface area contributed by atoms with Gasteiger partial charge in [0.25, 0.3) is 0 Å². The Balaban J connectivity index is 1.22. The normalized spacial score (nSPS) is 14.1. The Morgan fingerprint density at radius 3 is 1.68 bits per heavy atom. The predicted octanol–water partition coefficient (Wildman–Crippen LogP) is 10.7. The van der Waals surface area contributed by atoms with Crippen LogP contribution >= 0.6 is 0 Å². The minimum atomic E-state index is -0.633. The van der Waals surface area contributed by atoms with Crippen LogP contribution in [0.25, 0.3) is 51.1 Å². The number of rotatable bonds is 6. The van der Waals surface area contributed by atoms with E-state index in [0.29, 0.717) is 34.8 Å². The van der Waals surface area contributed by atoms with Crippen LogP contribution in [0.1, 0.15) is 29.4 Å². The van der Waals surface area contributed by atoms with Crippen molar-refractivity contribution in [2.75, 3.05) is 0 Å². The lowest BCUT2D eigenvalue weighted by molar-refractivity contribution is 0.404. The van der Waals surface area contributed by atoms with E-state index < -0.39 is 5.41 Å². The molecule has 7 aromatic rings. The molecule has 2 aliphatic rings. The lowest BCUT2D eigenvalue weighted by Crippen LogP contribution is -2.34. The number of furan rings is 1. The van der Waals surface area contributed by atoms with Crippen LogP contribution < -0.4 is 4.74 Å². The molecule has 5 heteroatoms. The first-order chi connectivity index (χ1) is 24.7. The van der Waals surface area contributed by atoms with Crippen LogP contribution in [0.5, 0.6) is 5.75 Å². The van der Waals surface area contributed by atoms with Crippen molar-refractivity contribution >= 4 is 5.57 Å². The van der Waals surface area contributed by atoms with Gasteiger partial charge >= 0.3 is 0 Å². The fourth-order valence-corrected chi connectivity index (χ4v) is 7.51. The second-order valence-corrected chi connectivity index (χ2v) is 12.3. The van der Waals surface area contributed by atoms with E-state index in [1.54, 1.807) is 0 Å². The Bertz CT molecular complexity index is 2390. The first-order valence-electron chi connectivity index (χ1n) is 16.7. The lowest BCUT2D eigenvalue weighted by atomic mass is 9.65. The highest BCUT2D eigenvalue weighted by Crippen LogP contribution is 2.61. The molecule has 0 amide bonds. The maximum absolute atomic E-state index is 6.87. The summed E-state index contributed by atoms with van der Waals surface area (Å²) in [6.07, 6.45) is 3.98. The van der Waals surface area contributed by atoms with Crippen LogP contribution in [0.2, 0.25) is 0 Å². The second-order valence-electron chi connectivity index (χ2n) is 12.3. The zero-order valence-electron chi connectivity index (χ0n) is 27.4. The fourth-order valence-electron chi connectivity index (χ4n) is 7.51. The van der Waals surface area contributed by atoms with Gasteiger partial charge in [0.1, 0.15) is 17.3 Å². The fraction of sp³-hybridized carbons (Fsp3) is 0.0444. The van der Waals surface area contributed by atoms with Crippen molar-refractivity contribution in [2.24, 2.45) is 0 Å². The number of benzene rings is 5. The number of allylic oxidation sites excluding steroid dienone is 4. The summed E-state index contributed by atoms with van der Waals surface area (Å²) >= 11 is 0. The summed E-state index contributed by atoms with van der Waals surface area (Å²) in [6, 6.07) is 49.4. The van der Waals surface area contributed by atoms with Crippen LogP contribution in [0.15, 0.2) is 180 Å². The maximum Gasteiger partial charge on any atom is 0.199 e. The molecule has 1 aliphatic heterocycles. The Morgan fingerprint density at radius 1 is 0.580 bits per heavy atom. The first-order valence-corrected chi connectivity index (χ1v) is 16.7. The Kier molecular flexibility index (Phi) is 6.99. The standard InChI is InChI=1S/C45H31N3O2/c1-3-31(38-27-28-40(49-38)44-47-42(29-17-7-5-8-18-29)46-43(48-44)30-19-9-6-10-20-30)41-34(4-2)45(37-25-15-16-26-39(37)50-41)35-23-13-11-21-32(35)33-22-12-14-24-36(33)45/h3-28H,2H2,1H3/b31-3-. The summed E-state index contributed by atoms with van der Waals surface area (Å²) in [5.41, 5.74) is 8.82. The number of nitrogens with zero attached hydrogens (tertiary/aromatic N) is 3. The van der Waals surface area contributed by atoms with Gasteiger partial charge in [-0.05, 0) is 47.4 Å². The molecule has 9 rings (SSSR count). The highest BCUT2D eigenvalue weighted by molar-refractivity contribution is 5.90. The average molecular weight is 646 g/mol. The van der Waals surface area contributed by atoms with Crippen LogP contribution in [-0.4, -0.2) is 15.0 Å². The summed E-state index contributed by atoms with van der Waals surface area (Å²) in [6.45, 7) is 6.39. The molecular weight excluding hydrogens is 615 g/mol. The Labute approximate surface area is 290 Å². The van der Waals surface area contributed by atoms with Crippen molar-refractivity contribution in [3.63, 3.8) is 0 Å². The van der Waals surface area contributed by atoms with E-state index in [1.165, 1.54) is 22.3 Å². The second kappa shape index (κ2) is 11.8. The topological polar surface area (TPSA) is 61.0 Å². The predicted molar refractivity (Wildman–Crippen MR) is 198 cm³/mol. The molecule has 0 atom stereocenters. The molecule has 0 unspecified atom stereocenters. The van der Waals surface area contributed by atoms with Crippen molar-refractivity contribution < 1.29 is 9.15 Å². The van der Waals surface area contributed by atoms with Gasteiger partial charge in [0, 0.05) is 22.3 Å². The van der Waals surface area contributed by atoms with E-state index in [0.717, 1.165) is 33.6 Å². The highest BCUT2D eigenvalue weighted by atomic mass is 16.5. The van der Waals surface area contributed by atoms with E-state index in [2.05, 4.69) is 67.2 Å². The van der Waals surface area contributed by atoms with Gasteiger partial charge in [-0.15, -0.1) is 0 Å². The van der Waals surface area contributed by atoms with Crippen LogP contribution in [0.4, 0.5) is 0 Å². The molecule has 5 aromatic carbocycles. The summed E-state index contributed by atoms with van der Waals surface area (Å²) in [7, 11) is 0. The number of aromatic nitrogens is 3. The van der Waals surface area contributed by atoms with E-state index in [-0.39, 0.29) is 0 Å². The molecule has 2 aromatic heterocycles. The Morgan fingerprint density at radius 2 is 1.10 bits per heavy atom. The monoisotopic (exact) mass is 645 g/mol. The maximum atomic E-state index is 6.87. The molecule has 50 heavy (non-hydrogen) atoms. The van der Waals surface area contributed by atoms with Gasteiger partial charge in [0.15, 0.2) is 23.2 Å². The van der Waals surface area contributed by atoms with Crippen LogP contribution in [-0.2, 0) is 5.41 Å². The van der Waals surface area contributed by atoms with Gasteiger partial charge in [-0.1, -0.05) is 146 Å². The Hall–Kier alpha value is -6.59. The zero-order chi connectivity index (χ0) is 33.7. The molecule has 1 spiro atoms. The van der Waals surface area contributed by atoms with Crippen molar-refractivity contribution in [2.45, 2.75) is 12.3 Å². The third kappa shape index (κ3) is 4.44. The van der Waals surface area contributed by atoms with E-state index >= 15 is 0 Å².